The van der Waals surface area contributed by atoms with E-state index < -0.39 is 0 Å². The van der Waals surface area contributed by atoms with Gasteiger partial charge in [0, 0.05) is 0 Å². The van der Waals surface area contributed by atoms with Gasteiger partial charge in [-0.3, -0.25) is 0 Å². The molecule has 1 aliphatic carbocycles. The van der Waals surface area contributed by atoms with Crippen LogP contribution in [0.1, 0.15) is 56.6 Å². The van der Waals surface area contributed by atoms with Crippen LogP contribution in [0.5, 0.6) is 0 Å². The molecule has 0 aromatic heterocycles. The summed E-state index contributed by atoms with van der Waals surface area (Å²) in [6.45, 7) is 4.39. The Morgan fingerprint density at radius 3 is 2.58 bits per heavy atom. The highest BCUT2D eigenvalue weighted by Gasteiger charge is 2.26. The molecular weight excluding hydrogens is 232 g/mol. The van der Waals surface area contributed by atoms with Gasteiger partial charge in [-0.1, -0.05) is 62.4 Å². The summed E-state index contributed by atoms with van der Waals surface area (Å²) >= 11 is 0. The molecule has 0 radical (unpaired) electrons. The minimum Gasteiger partial charge on any atom is -0.392 e. The molecule has 1 atom stereocenters. The van der Waals surface area contributed by atoms with Crippen molar-refractivity contribution in [1.29, 1.82) is 0 Å². The summed E-state index contributed by atoms with van der Waals surface area (Å²) in [4.78, 5) is 0. The molecule has 0 bridgehead atoms. The standard InChI is InChI=1S/C18H28O/c1-3-5-15-8-10-17(11-9-15)18(19)13-16-7-4-6-14(2)12-16/h4,6-7,12,15,17-19H,3,5,8-11,13H2,1-2H3. The SMILES string of the molecule is CCCC1CCC(C(O)Cc2cccc(C)c2)CC1. The van der Waals surface area contributed by atoms with Gasteiger partial charge in [0.2, 0.25) is 0 Å². The molecule has 1 fully saturated rings. The van der Waals surface area contributed by atoms with Crippen LogP contribution >= 0.6 is 0 Å². The van der Waals surface area contributed by atoms with Gasteiger partial charge < -0.3 is 5.11 Å². The smallest absolute Gasteiger partial charge is 0.0608 e. The molecule has 0 heterocycles. The minimum atomic E-state index is -0.149. The summed E-state index contributed by atoms with van der Waals surface area (Å²) in [6, 6.07) is 8.55. The van der Waals surface area contributed by atoms with E-state index in [1.54, 1.807) is 0 Å². The van der Waals surface area contributed by atoms with Gasteiger partial charge >= 0.3 is 0 Å². The number of rotatable bonds is 5. The highest BCUT2D eigenvalue weighted by Crippen LogP contribution is 2.34. The molecule has 1 saturated carbocycles. The average molecular weight is 260 g/mol. The molecule has 0 aliphatic heterocycles. The summed E-state index contributed by atoms with van der Waals surface area (Å²) in [5.74, 6) is 1.45. The molecule has 106 valence electrons. The topological polar surface area (TPSA) is 20.2 Å². The molecule has 1 nitrogen and oxygen atoms in total. The third-order valence-electron chi connectivity index (χ3n) is 4.66. The first-order chi connectivity index (χ1) is 9.19. The van der Waals surface area contributed by atoms with Crippen molar-refractivity contribution >= 4 is 0 Å². The number of hydrogen-bond acceptors (Lipinski definition) is 1. The van der Waals surface area contributed by atoms with Crippen LogP contribution in [-0.2, 0) is 6.42 Å². The van der Waals surface area contributed by atoms with E-state index in [1.165, 1.54) is 49.7 Å². The van der Waals surface area contributed by atoms with Crippen LogP contribution in [0, 0.1) is 18.8 Å². The molecule has 1 aromatic rings. The molecule has 0 amide bonds. The quantitative estimate of drug-likeness (QED) is 0.826. The van der Waals surface area contributed by atoms with Gasteiger partial charge in [-0.15, -0.1) is 0 Å². The zero-order valence-electron chi connectivity index (χ0n) is 12.4. The van der Waals surface area contributed by atoms with Gasteiger partial charge in [0.25, 0.3) is 0 Å². The van der Waals surface area contributed by atoms with Crippen LogP contribution in [0.15, 0.2) is 24.3 Å². The first-order valence-electron chi connectivity index (χ1n) is 7.92. The summed E-state index contributed by atoms with van der Waals surface area (Å²) in [5.41, 5.74) is 2.57. The molecule has 2 rings (SSSR count). The van der Waals surface area contributed by atoms with Crippen LogP contribution in [-0.4, -0.2) is 11.2 Å². The molecule has 1 aliphatic rings. The van der Waals surface area contributed by atoms with Gasteiger partial charge in [0.05, 0.1) is 6.10 Å². The lowest BCUT2D eigenvalue weighted by atomic mass is 9.77. The molecule has 0 spiro atoms. The van der Waals surface area contributed by atoms with E-state index in [0.717, 1.165) is 12.3 Å². The molecule has 1 unspecified atom stereocenters. The number of benzene rings is 1. The van der Waals surface area contributed by atoms with E-state index in [1.807, 2.05) is 0 Å². The highest BCUT2D eigenvalue weighted by atomic mass is 16.3. The van der Waals surface area contributed by atoms with E-state index >= 15 is 0 Å². The maximum atomic E-state index is 10.4. The minimum absolute atomic E-state index is 0.149. The van der Waals surface area contributed by atoms with Crippen LogP contribution in [0.3, 0.4) is 0 Å². The summed E-state index contributed by atoms with van der Waals surface area (Å²) < 4.78 is 0. The zero-order valence-corrected chi connectivity index (χ0v) is 12.4. The van der Waals surface area contributed by atoms with Gasteiger partial charge in [0.15, 0.2) is 0 Å². The Balaban J connectivity index is 1.82. The Morgan fingerprint density at radius 2 is 1.95 bits per heavy atom. The molecule has 1 aromatic carbocycles. The van der Waals surface area contributed by atoms with Crippen LogP contribution < -0.4 is 0 Å². The molecule has 1 heteroatoms. The maximum absolute atomic E-state index is 10.4. The number of aliphatic hydroxyl groups is 1. The highest BCUT2D eigenvalue weighted by molar-refractivity contribution is 5.22. The predicted octanol–water partition coefficient (Wildman–Crippen LogP) is 4.50. The van der Waals surface area contributed by atoms with E-state index in [2.05, 4.69) is 38.1 Å². The molecule has 0 saturated heterocycles. The fourth-order valence-electron chi connectivity index (χ4n) is 3.52. The lowest BCUT2D eigenvalue weighted by Crippen LogP contribution is -2.27. The average Bonchev–Trinajstić information content (AvgIpc) is 2.40. The van der Waals surface area contributed by atoms with Crippen LogP contribution in [0.25, 0.3) is 0 Å². The largest absolute Gasteiger partial charge is 0.392 e. The maximum Gasteiger partial charge on any atom is 0.0608 e. The van der Waals surface area contributed by atoms with Crippen molar-refractivity contribution < 1.29 is 5.11 Å². The summed E-state index contributed by atoms with van der Waals surface area (Å²) in [5, 5.41) is 10.4. The Kier molecular flexibility index (Phi) is 5.45. The molecule has 1 N–H and O–H groups in total. The van der Waals surface area contributed by atoms with E-state index in [-0.39, 0.29) is 6.10 Å². The first-order valence-corrected chi connectivity index (χ1v) is 7.92. The van der Waals surface area contributed by atoms with Crippen molar-refractivity contribution in [2.75, 3.05) is 0 Å². The van der Waals surface area contributed by atoms with Crippen molar-refractivity contribution in [3.63, 3.8) is 0 Å². The second-order valence-corrected chi connectivity index (χ2v) is 6.33. The Hall–Kier alpha value is -0.820. The monoisotopic (exact) mass is 260 g/mol. The van der Waals surface area contributed by atoms with Crippen molar-refractivity contribution in [3.05, 3.63) is 35.4 Å². The zero-order chi connectivity index (χ0) is 13.7. The van der Waals surface area contributed by atoms with Gasteiger partial charge in [-0.25, -0.2) is 0 Å². The van der Waals surface area contributed by atoms with E-state index in [0.29, 0.717) is 5.92 Å². The second-order valence-electron chi connectivity index (χ2n) is 6.33. The van der Waals surface area contributed by atoms with Gasteiger partial charge in [-0.05, 0) is 43.6 Å². The van der Waals surface area contributed by atoms with Crippen molar-refractivity contribution in [1.82, 2.24) is 0 Å². The van der Waals surface area contributed by atoms with E-state index in [4.69, 9.17) is 0 Å². The fraction of sp³-hybridized carbons (Fsp3) is 0.667. The first kappa shape index (κ1) is 14.6. The normalized spacial score (nSPS) is 25.2. The Bertz CT molecular complexity index is 377. The fourth-order valence-corrected chi connectivity index (χ4v) is 3.52. The molecular formula is C18H28O. The molecule has 19 heavy (non-hydrogen) atoms. The third kappa shape index (κ3) is 4.35. The van der Waals surface area contributed by atoms with Crippen molar-refractivity contribution in [3.8, 4) is 0 Å². The second kappa shape index (κ2) is 7.09. The third-order valence-corrected chi connectivity index (χ3v) is 4.66. The summed E-state index contributed by atoms with van der Waals surface area (Å²) in [7, 11) is 0. The predicted molar refractivity (Wildman–Crippen MR) is 81.2 cm³/mol. The Morgan fingerprint density at radius 1 is 1.21 bits per heavy atom. The van der Waals surface area contributed by atoms with Crippen molar-refractivity contribution in [2.45, 2.75) is 64.9 Å². The van der Waals surface area contributed by atoms with Gasteiger partial charge in [0.1, 0.15) is 0 Å². The number of hydrogen-bond donors (Lipinski definition) is 1. The lowest BCUT2D eigenvalue weighted by Gasteiger charge is -2.31. The Labute approximate surface area is 118 Å². The van der Waals surface area contributed by atoms with Crippen LogP contribution in [0.4, 0.5) is 0 Å². The summed E-state index contributed by atoms with van der Waals surface area (Å²) in [6.07, 6.45) is 8.44. The lowest BCUT2D eigenvalue weighted by molar-refractivity contribution is 0.0728. The number of aryl methyl sites for hydroxylation is 1. The van der Waals surface area contributed by atoms with Crippen LogP contribution in [0.2, 0.25) is 0 Å². The van der Waals surface area contributed by atoms with Crippen molar-refractivity contribution in [2.24, 2.45) is 11.8 Å². The number of aliphatic hydroxyl groups excluding tert-OH is 1. The van der Waals surface area contributed by atoms with Gasteiger partial charge in [-0.2, -0.15) is 0 Å². The van der Waals surface area contributed by atoms with E-state index in [9.17, 15) is 5.11 Å².